The van der Waals surface area contributed by atoms with Crippen LogP contribution < -0.4 is 5.43 Å². The van der Waals surface area contributed by atoms with Crippen molar-refractivity contribution in [3.63, 3.8) is 0 Å². The number of alkyl halides is 3. The first-order chi connectivity index (χ1) is 10.6. The van der Waals surface area contributed by atoms with E-state index < -0.39 is 15.6 Å². The van der Waals surface area contributed by atoms with Gasteiger partial charge in [0.2, 0.25) is 0 Å². The highest BCUT2D eigenvalue weighted by molar-refractivity contribution is 7.86. The van der Waals surface area contributed by atoms with Crippen LogP contribution in [-0.2, 0) is 10.1 Å². The van der Waals surface area contributed by atoms with E-state index >= 15 is 0 Å². The Kier molecular flexibility index (Phi) is 4.73. The molecule has 0 radical (unpaired) electrons. The minimum Gasteiger partial charge on any atom is -0.289 e. The van der Waals surface area contributed by atoms with Crippen molar-refractivity contribution in [1.82, 2.24) is 0 Å². The van der Waals surface area contributed by atoms with E-state index in [4.69, 9.17) is 13.0 Å². The van der Waals surface area contributed by atoms with Gasteiger partial charge in [0.1, 0.15) is 0 Å². The summed E-state index contributed by atoms with van der Waals surface area (Å²) in [4.78, 5) is 12.1. The van der Waals surface area contributed by atoms with Crippen LogP contribution in [0.4, 0.5) is 13.2 Å². The van der Waals surface area contributed by atoms with E-state index in [1.807, 2.05) is 48.5 Å². The van der Waals surface area contributed by atoms with Crippen molar-refractivity contribution < 1.29 is 26.1 Å². The second-order valence-electron chi connectivity index (χ2n) is 4.34. The Labute approximate surface area is 132 Å². The Hall–Kier alpha value is -1.97. The number of halogens is 3. The summed E-state index contributed by atoms with van der Waals surface area (Å²) >= 11 is 1.67. The Morgan fingerprint density at radius 2 is 1.22 bits per heavy atom. The number of fused-ring (bicyclic) bond motifs is 2. The molecular formula is C14H9F3O4S2. The summed E-state index contributed by atoms with van der Waals surface area (Å²) in [6.45, 7) is 0. The first-order valence-electron chi connectivity index (χ1n) is 6.05. The maximum absolute atomic E-state index is 12.1. The lowest BCUT2D eigenvalue weighted by molar-refractivity contribution is -0.0510. The third-order valence-corrected chi connectivity index (χ3v) is 4.51. The predicted octanol–water partition coefficient (Wildman–Crippen LogP) is 3.81. The molecule has 122 valence electrons. The quantitative estimate of drug-likeness (QED) is 0.375. The fourth-order valence-electron chi connectivity index (χ4n) is 1.75. The van der Waals surface area contributed by atoms with E-state index in [9.17, 15) is 18.0 Å². The summed E-state index contributed by atoms with van der Waals surface area (Å²) in [5.74, 6) is 0. The summed E-state index contributed by atoms with van der Waals surface area (Å²) in [6, 6.07) is 15.5. The summed E-state index contributed by atoms with van der Waals surface area (Å²) in [7, 11) is -5.84. The zero-order chi connectivity index (χ0) is 17.3. The molecule has 4 nitrogen and oxygen atoms in total. The largest absolute Gasteiger partial charge is 0.522 e. The van der Waals surface area contributed by atoms with E-state index in [2.05, 4.69) is 0 Å². The Morgan fingerprint density at radius 1 is 0.870 bits per heavy atom. The molecule has 1 aromatic heterocycles. The van der Waals surface area contributed by atoms with Crippen molar-refractivity contribution in [2.24, 2.45) is 0 Å². The highest BCUT2D eigenvalue weighted by atomic mass is 32.2. The lowest BCUT2D eigenvalue weighted by Gasteiger charge is -1.99. The lowest BCUT2D eigenvalue weighted by Crippen LogP contribution is -2.21. The normalized spacial score (nSPS) is 12.0. The highest BCUT2D eigenvalue weighted by Crippen LogP contribution is 2.23. The summed E-state index contributed by atoms with van der Waals surface area (Å²) in [6.07, 6.45) is 0. The standard InChI is InChI=1S/C13H8OS.CHF3O3S/c14-13-9-5-1-3-7-11(9)15-12-8-4-2-6-10(12)13;2-1(3,4)8(5,6)7/h1-8H;(H,5,6,7). The third-order valence-electron chi connectivity index (χ3n) is 2.78. The summed E-state index contributed by atoms with van der Waals surface area (Å²) in [5.41, 5.74) is -5.40. The molecule has 0 aliphatic heterocycles. The molecule has 0 amide bonds. The second-order valence-corrected chi connectivity index (χ2v) is 6.84. The summed E-state index contributed by atoms with van der Waals surface area (Å²) < 4.78 is 59.7. The molecular weight excluding hydrogens is 353 g/mol. The maximum atomic E-state index is 12.1. The molecule has 0 unspecified atom stereocenters. The molecule has 3 aromatic rings. The Balaban J connectivity index is 0.000000207. The van der Waals surface area contributed by atoms with E-state index in [1.165, 1.54) is 0 Å². The molecule has 2 aromatic carbocycles. The van der Waals surface area contributed by atoms with Gasteiger partial charge in [0.05, 0.1) is 0 Å². The highest BCUT2D eigenvalue weighted by Gasteiger charge is 2.44. The van der Waals surface area contributed by atoms with Gasteiger partial charge in [-0.1, -0.05) is 24.3 Å². The smallest absolute Gasteiger partial charge is 0.289 e. The van der Waals surface area contributed by atoms with Crippen LogP contribution in [-0.4, -0.2) is 18.5 Å². The molecule has 0 spiro atoms. The molecule has 0 saturated heterocycles. The average molecular weight is 362 g/mol. The van der Waals surface area contributed by atoms with Crippen LogP contribution in [0.5, 0.6) is 0 Å². The van der Waals surface area contributed by atoms with Crippen LogP contribution in [0.2, 0.25) is 0 Å². The van der Waals surface area contributed by atoms with Gasteiger partial charge in [-0.3, -0.25) is 9.35 Å². The van der Waals surface area contributed by atoms with E-state index in [0.717, 1.165) is 20.2 Å². The van der Waals surface area contributed by atoms with Gasteiger partial charge in [-0.05, 0) is 24.3 Å². The van der Waals surface area contributed by atoms with Crippen molar-refractivity contribution in [1.29, 1.82) is 0 Å². The third kappa shape index (κ3) is 3.87. The molecule has 0 fully saturated rings. The first-order valence-corrected chi connectivity index (χ1v) is 8.31. The molecule has 0 aliphatic carbocycles. The fourth-order valence-corrected chi connectivity index (χ4v) is 2.82. The molecule has 23 heavy (non-hydrogen) atoms. The zero-order valence-corrected chi connectivity index (χ0v) is 12.9. The topological polar surface area (TPSA) is 71.4 Å². The predicted molar refractivity (Wildman–Crippen MR) is 83.2 cm³/mol. The maximum Gasteiger partial charge on any atom is 0.522 e. The van der Waals surface area contributed by atoms with Crippen LogP contribution in [0.1, 0.15) is 0 Å². The molecule has 0 bridgehead atoms. The van der Waals surface area contributed by atoms with E-state index in [-0.39, 0.29) is 5.43 Å². The number of benzene rings is 2. The molecule has 9 heteroatoms. The summed E-state index contributed by atoms with van der Waals surface area (Å²) in [5, 5.41) is 1.64. The molecule has 3 rings (SSSR count). The van der Waals surface area contributed by atoms with Crippen LogP contribution in [0.15, 0.2) is 53.3 Å². The first kappa shape index (κ1) is 17.4. The van der Waals surface area contributed by atoms with Gasteiger partial charge < -0.3 is 0 Å². The van der Waals surface area contributed by atoms with Gasteiger partial charge in [-0.2, -0.15) is 21.6 Å². The van der Waals surface area contributed by atoms with Crippen molar-refractivity contribution in [3.05, 3.63) is 58.8 Å². The zero-order valence-electron chi connectivity index (χ0n) is 11.2. The number of hydrogen-bond acceptors (Lipinski definition) is 4. The molecule has 1 heterocycles. The monoisotopic (exact) mass is 362 g/mol. The van der Waals surface area contributed by atoms with Crippen molar-refractivity contribution in [2.75, 3.05) is 0 Å². The van der Waals surface area contributed by atoms with Gasteiger partial charge in [0.15, 0.2) is 5.43 Å². The Bertz CT molecular complexity index is 951. The second kappa shape index (κ2) is 6.26. The number of rotatable bonds is 0. The van der Waals surface area contributed by atoms with Gasteiger partial charge in [0, 0.05) is 20.2 Å². The fraction of sp³-hybridized carbons (Fsp3) is 0.0714. The SMILES string of the molecule is O=S(=O)(O)C(F)(F)F.O=c1c2ccccc2sc2ccccc12. The van der Waals surface area contributed by atoms with Gasteiger partial charge in [-0.25, -0.2) is 0 Å². The van der Waals surface area contributed by atoms with Crippen molar-refractivity contribution in [3.8, 4) is 0 Å². The van der Waals surface area contributed by atoms with Crippen molar-refractivity contribution in [2.45, 2.75) is 5.51 Å². The lowest BCUT2D eigenvalue weighted by atomic mass is 10.2. The molecule has 0 aliphatic rings. The number of hydrogen-bond donors (Lipinski definition) is 1. The van der Waals surface area contributed by atoms with Crippen LogP contribution in [0, 0.1) is 0 Å². The van der Waals surface area contributed by atoms with E-state index in [0.29, 0.717) is 0 Å². The molecule has 1 N–H and O–H groups in total. The van der Waals surface area contributed by atoms with Crippen LogP contribution in [0.3, 0.4) is 0 Å². The van der Waals surface area contributed by atoms with Crippen molar-refractivity contribution >= 4 is 41.6 Å². The molecule has 0 atom stereocenters. The average Bonchev–Trinajstić information content (AvgIpc) is 2.46. The van der Waals surface area contributed by atoms with Crippen LogP contribution >= 0.6 is 11.3 Å². The van der Waals surface area contributed by atoms with Gasteiger partial charge in [0.25, 0.3) is 0 Å². The minimum absolute atomic E-state index is 0.139. The van der Waals surface area contributed by atoms with Gasteiger partial charge in [-0.15, -0.1) is 11.3 Å². The minimum atomic E-state index is -5.84. The van der Waals surface area contributed by atoms with E-state index in [1.54, 1.807) is 11.3 Å². The van der Waals surface area contributed by atoms with Gasteiger partial charge >= 0.3 is 15.6 Å². The molecule has 0 saturated carbocycles. The Morgan fingerprint density at radius 3 is 1.57 bits per heavy atom. The van der Waals surface area contributed by atoms with Crippen LogP contribution in [0.25, 0.3) is 20.2 Å².